The number of carbonyl (C=O) groups excluding carboxylic acids is 1. The molecule has 1 fully saturated rings. The Hall–Kier alpha value is -1.62. The first-order chi connectivity index (χ1) is 9.40. The van der Waals surface area contributed by atoms with E-state index in [1.54, 1.807) is 12.1 Å². The van der Waals surface area contributed by atoms with Crippen molar-refractivity contribution in [2.45, 2.75) is 20.3 Å². The van der Waals surface area contributed by atoms with E-state index in [0.29, 0.717) is 32.8 Å². The Balaban J connectivity index is 1.81. The maximum atomic E-state index is 13.7. The summed E-state index contributed by atoms with van der Waals surface area (Å²) < 4.78 is 14.5. The highest BCUT2D eigenvalue weighted by Crippen LogP contribution is 2.51. The van der Waals surface area contributed by atoms with Gasteiger partial charge in [-0.15, -0.1) is 11.3 Å². The quantitative estimate of drug-likeness (QED) is 0.911. The van der Waals surface area contributed by atoms with E-state index in [0.717, 1.165) is 6.42 Å². The number of nitrogens with one attached hydrogen (secondary N) is 1. The molecular weight excluding hydrogens is 275 g/mol. The normalized spacial score (nSPS) is 20.1. The summed E-state index contributed by atoms with van der Waals surface area (Å²) in [6, 6.07) is 4.77. The van der Waals surface area contributed by atoms with Crippen LogP contribution in [-0.2, 0) is 0 Å². The second-order valence-corrected chi connectivity index (χ2v) is 7.11. The van der Waals surface area contributed by atoms with E-state index < -0.39 is 0 Å². The molecule has 3 nitrogen and oxygen atoms in total. The summed E-state index contributed by atoms with van der Waals surface area (Å²) in [5.41, 5.74) is 6.50. The van der Waals surface area contributed by atoms with Gasteiger partial charge >= 0.3 is 0 Å². The average molecular weight is 292 g/mol. The first-order valence-corrected chi connectivity index (χ1v) is 7.46. The number of carbonyl (C=O) groups is 1. The largest absolute Gasteiger partial charge is 0.397 e. The fourth-order valence-electron chi connectivity index (χ4n) is 2.52. The number of hydrogen-bond donors (Lipinski definition) is 2. The van der Waals surface area contributed by atoms with Gasteiger partial charge in [-0.05, 0) is 29.9 Å². The standard InChI is InChI=1S/C15H17FN2OS/c1-15(2)6-8(15)7-18-14(19)13-12(17)11-9(16)4-3-5-10(11)20-13/h3-5,8H,6-7,17H2,1-2H3,(H,18,19). The number of nitrogens with two attached hydrogens (primary N) is 1. The molecule has 5 heteroatoms. The summed E-state index contributed by atoms with van der Waals surface area (Å²) in [5.74, 6) is -0.0526. The fourth-order valence-corrected chi connectivity index (χ4v) is 3.57. The van der Waals surface area contributed by atoms with E-state index in [-0.39, 0.29) is 17.4 Å². The van der Waals surface area contributed by atoms with Crippen molar-refractivity contribution in [3.63, 3.8) is 0 Å². The Morgan fingerprint density at radius 3 is 2.85 bits per heavy atom. The van der Waals surface area contributed by atoms with Gasteiger partial charge in [0, 0.05) is 11.2 Å². The van der Waals surface area contributed by atoms with Crippen molar-refractivity contribution in [2.24, 2.45) is 11.3 Å². The van der Waals surface area contributed by atoms with Crippen molar-refractivity contribution in [3.8, 4) is 0 Å². The van der Waals surface area contributed by atoms with Crippen LogP contribution in [0.2, 0.25) is 0 Å². The zero-order valence-corrected chi connectivity index (χ0v) is 12.3. The number of amides is 1. The molecule has 0 spiro atoms. The Morgan fingerprint density at radius 2 is 2.25 bits per heavy atom. The monoisotopic (exact) mass is 292 g/mol. The molecule has 1 unspecified atom stereocenters. The molecule has 0 saturated heterocycles. The van der Waals surface area contributed by atoms with Gasteiger partial charge in [-0.3, -0.25) is 4.79 Å². The van der Waals surface area contributed by atoms with Crippen molar-refractivity contribution in [1.82, 2.24) is 5.32 Å². The Morgan fingerprint density at radius 1 is 1.55 bits per heavy atom. The maximum Gasteiger partial charge on any atom is 0.263 e. The van der Waals surface area contributed by atoms with Crippen LogP contribution in [0.25, 0.3) is 10.1 Å². The number of halogens is 1. The molecule has 106 valence electrons. The SMILES string of the molecule is CC1(C)CC1CNC(=O)c1sc2cccc(F)c2c1N. The highest BCUT2D eigenvalue weighted by Gasteiger charge is 2.45. The molecule has 1 aromatic carbocycles. The lowest BCUT2D eigenvalue weighted by Crippen LogP contribution is -2.26. The van der Waals surface area contributed by atoms with Crippen LogP contribution in [0.4, 0.5) is 10.1 Å². The Bertz CT molecular complexity index is 692. The number of anilines is 1. The highest BCUT2D eigenvalue weighted by atomic mass is 32.1. The molecule has 20 heavy (non-hydrogen) atoms. The predicted molar refractivity (Wildman–Crippen MR) is 80.4 cm³/mol. The van der Waals surface area contributed by atoms with Crippen LogP contribution < -0.4 is 11.1 Å². The summed E-state index contributed by atoms with van der Waals surface area (Å²) in [5, 5.41) is 3.26. The van der Waals surface area contributed by atoms with E-state index >= 15 is 0 Å². The van der Waals surface area contributed by atoms with Gasteiger partial charge in [-0.2, -0.15) is 0 Å². The molecule has 0 aliphatic heterocycles. The molecule has 1 atom stereocenters. The van der Waals surface area contributed by atoms with Gasteiger partial charge < -0.3 is 11.1 Å². The van der Waals surface area contributed by atoms with Crippen LogP contribution >= 0.6 is 11.3 Å². The van der Waals surface area contributed by atoms with E-state index in [4.69, 9.17) is 5.73 Å². The van der Waals surface area contributed by atoms with Crippen LogP contribution in [0.1, 0.15) is 29.9 Å². The molecule has 1 aliphatic rings. The van der Waals surface area contributed by atoms with Crippen molar-refractivity contribution in [2.75, 3.05) is 12.3 Å². The maximum absolute atomic E-state index is 13.7. The van der Waals surface area contributed by atoms with Crippen LogP contribution in [0, 0.1) is 17.2 Å². The summed E-state index contributed by atoms with van der Waals surface area (Å²) in [4.78, 5) is 12.6. The number of rotatable bonds is 3. The number of fused-ring (bicyclic) bond motifs is 1. The van der Waals surface area contributed by atoms with Gasteiger partial charge in [-0.25, -0.2) is 4.39 Å². The molecule has 2 aromatic rings. The smallest absolute Gasteiger partial charge is 0.263 e. The van der Waals surface area contributed by atoms with Gasteiger partial charge in [0.15, 0.2) is 0 Å². The van der Waals surface area contributed by atoms with Gasteiger partial charge in [0.2, 0.25) is 0 Å². The first-order valence-electron chi connectivity index (χ1n) is 6.65. The second-order valence-electron chi connectivity index (χ2n) is 6.06. The molecule has 1 aromatic heterocycles. The van der Waals surface area contributed by atoms with Crippen molar-refractivity contribution in [3.05, 3.63) is 28.9 Å². The minimum Gasteiger partial charge on any atom is -0.397 e. The van der Waals surface area contributed by atoms with Gasteiger partial charge in [-0.1, -0.05) is 19.9 Å². The first kappa shape index (κ1) is 13.4. The van der Waals surface area contributed by atoms with Crippen LogP contribution in [-0.4, -0.2) is 12.5 Å². The minimum absolute atomic E-state index is 0.203. The predicted octanol–water partition coefficient (Wildman–Crippen LogP) is 3.40. The summed E-state index contributed by atoms with van der Waals surface area (Å²) in [6.45, 7) is 5.03. The zero-order valence-electron chi connectivity index (χ0n) is 11.5. The molecule has 3 rings (SSSR count). The summed E-state index contributed by atoms with van der Waals surface area (Å²) in [6.07, 6.45) is 1.13. The van der Waals surface area contributed by atoms with E-state index in [9.17, 15) is 9.18 Å². The molecule has 1 aliphatic carbocycles. The molecule has 0 bridgehead atoms. The Labute approximate surface area is 121 Å². The second kappa shape index (κ2) is 4.45. The van der Waals surface area contributed by atoms with E-state index in [1.807, 2.05) is 0 Å². The average Bonchev–Trinajstić information content (AvgIpc) is 2.84. The lowest BCUT2D eigenvalue weighted by atomic mass is 10.1. The van der Waals surface area contributed by atoms with Crippen LogP contribution in [0.15, 0.2) is 18.2 Å². The minimum atomic E-state index is -0.376. The highest BCUT2D eigenvalue weighted by molar-refractivity contribution is 7.21. The molecule has 1 heterocycles. The van der Waals surface area contributed by atoms with Gasteiger partial charge in [0.25, 0.3) is 5.91 Å². The molecule has 3 N–H and O–H groups in total. The molecule has 0 radical (unpaired) electrons. The van der Waals surface area contributed by atoms with Crippen LogP contribution in [0.3, 0.4) is 0 Å². The lowest BCUT2D eigenvalue weighted by molar-refractivity contribution is 0.0955. The van der Waals surface area contributed by atoms with Crippen LogP contribution in [0.5, 0.6) is 0 Å². The van der Waals surface area contributed by atoms with E-state index in [2.05, 4.69) is 19.2 Å². The fraction of sp³-hybridized carbons (Fsp3) is 0.400. The zero-order chi connectivity index (χ0) is 14.5. The Kier molecular flexibility index (Phi) is 2.97. The lowest BCUT2D eigenvalue weighted by Gasteiger charge is -2.05. The van der Waals surface area contributed by atoms with Gasteiger partial charge in [0.1, 0.15) is 10.7 Å². The number of hydrogen-bond acceptors (Lipinski definition) is 3. The third-order valence-electron chi connectivity index (χ3n) is 4.13. The van der Waals surface area contributed by atoms with Gasteiger partial charge in [0.05, 0.1) is 11.1 Å². The molecule has 1 amide bonds. The van der Waals surface area contributed by atoms with Crippen molar-refractivity contribution >= 4 is 33.0 Å². The topological polar surface area (TPSA) is 55.1 Å². The van der Waals surface area contributed by atoms with Crippen molar-refractivity contribution < 1.29 is 9.18 Å². The third kappa shape index (κ3) is 2.16. The van der Waals surface area contributed by atoms with Crippen molar-refractivity contribution in [1.29, 1.82) is 0 Å². The molecular formula is C15H17FN2OS. The number of nitrogen functional groups attached to an aromatic ring is 1. The summed E-state index contributed by atoms with van der Waals surface area (Å²) in [7, 11) is 0. The van der Waals surface area contributed by atoms with E-state index in [1.165, 1.54) is 17.4 Å². The third-order valence-corrected chi connectivity index (χ3v) is 5.30. The summed E-state index contributed by atoms with van der Waals surface area (Å²) >= 11 is 1.24. The number of benzene rings is 1. The number of thiophene rings is 1. The molecule has 1 saturated carbocycles.